The lowest BCUT2D eigenvalue weighted by Crippen LogP contribution is -2.55. The number of rotatable bonds is 4. The highest BCUT2D eigenvalue weighted by molar-refractivity contribution is 6.37. The molecule has 2 unspecified atom stereocenters. The average molecular weight is 470 g/mol. The first kappa shape index (κ1) is 22.5. The first-order valence-corrected chi connectivity index (χ1v) is 12.7. The van der Waals surface area contributed by atoms with E-state index in [-0.39, 0.29) is 30.0 Å². The van der Waals surface area contributed by atoms with Gasteiger partial charge in [0.25, 0.3) is 5.91 Å². The number of hydrogen-bond acceptors (Lipinski definition) is 3. The van der Waals surface area contributed by atoms with Crippen molar-refractivity contribution in [2.45, 2.75) is 82.9 Å². The molecule has 3 fully saturated rings. The minimum atomic E-state index is -0.736. The van der Waals surface area contributed by atoms with E-state index in [1.165, 1.54) is 12.8 Å². The number of fused-ring (bicyclic) bond motifs is 3. The molecule has 176 valence electrons. The number of carbonyl (C=O) groups excluding carboxylic acids is 1. The summed E-state index contributed by atoms with van der Waals surface area (Å²) in [5.74, 6) is 0.407. The Balaban J connectivity index is 1.36. The van der Waals surface area contributed by atoms with Crippen LogP contribution in [0.25, 0.3) is 10.8 Å². The highest BCUT2D eigenvalue weighted by atomic mass is 35.5. The molecule has 2 aromatic carbocycles. The van der Waals surface area contributed by atoms with E-state index in [4.69, 9.17) is 16.3 Å². The predicted molar refractivity (Wildman–Crippen MR) is 129 cm³/mol. The quantitative estimate of drug-likeness (QED) is 0.569. The number of benzene rings is 2. The van der Waals surface area contributed by atoms with Crippen LogP contribution in [0.5, 0.6) is 5.75 Å². The number of nitrogens with zero attached hydrogens (tertiary/aromatic N) is 1. The van der Waals surface area contributed by atoms with Gasteiger partial charge in [0.1, 0.15) is 5.75 Å². The Morgan fingerprint density at radius 2 is 1.70 bits per heavy atom. The zero-order valence-electron chi connectivity index (χ0n) is 19.1. The average Bonchev–Trinajstić information content (AvgIpc) is 2.80. The first-order chi connectivity index (χ1) is 15.9. The van der Waals surface area contributed by atoms with Gasteiger partial charge in [-0.3, -0.25) is 9.59 Å². The number of carbonyl (C=O) groups is 2. The SMILES string of the molecule is CC1CCC(Oc2ccc3cc(C(=O)N4C5CCCC4CC(C(=O)O)C5)ccc3c2Cl)CC1. The Kier molecular flexibility index (Phi) is 6.26. The van der Waals surface area contributed by atoms with Crippen LogP contribution in [0.3, 0.4) is 0 Å². The van der Waals surface area contributed by atoms with E-state index in [0.29, 0.717) is 29.2 Å². The van der Waals surface area contributed by atoms with Gasteiger partial charge in [-0.15, -0.1) is 0 Å². The summed E-state index contributed by atoms with van der Waals surface area (Å²) in [6.45, 7) is 2.29. The molecular weight excluding hydrogens is 438 g/mol. The Hall–Kier alpha value is -2.27. The van der Waals surface area contributed by atoms with Crippen LogP contribution in [0.4, 0.5) is 0 Å². The lowest BCUT2D eigenvalue weighted by atomic mass is 9.78. The van der Waals surface area contributed by atoms with Gasteiger partial charge >= 0.3 is 5.97 Å². The largest absolute Gasteiger partial charge is 0.489 e. The summed E-state index contributed by atoms with van der Waals surface area (Å²) in [4.78, 5) is 27.0. The fraction of sp³-hybridized carbons (Fsp3) is 0.556. The highest BCUT2D eigenvalue weighted by Crippen LogP contribution is 2.39. The van der Waals surface area contributed by atoms with Crippen molar-refractivity contribution < 1.29 is 19.4 Å². The fourth-order valence-corrected chi connectivity index (χ4v) is 6.37. The van der Waals surface area contributed by atoms with Crippen LogP contribution in [0.2, 0.25) is 5.02 Å². The fourth-order valence-electron chi connectivity index (χ4n) is 6.09. The van der Waals surface area contributed by atoms with Crippen molar-refractivity contribution in [2.24, 2.45) is 11.8 Å². The summed E-state index contributed by atoms with van der Waals surface area (Å²) in [6, 6.07) is 9.61. The van der Waals surface area contributed by atoms with E-state index in [2.05, 4.69) is 6.92 Å². The number of ether oxygens (including phenoxy) is 1. The molecule has 3 aliphatic rings. The van der Waals surface area contributed by atoms with Crippen molar-refractivity contribution in [3.63, 3.8) is 0 Å². The molecule has 6 heteroatoms. The second-order valence-corrected chi connectivity index (χ2v) is 10.6. The zero-order chi connectivity index (χ0) is 23.1. The van der Waals surface area contributed by atoms with Gasteiger partial charge < -0.3 is 14.7 Å². The van der Waals surface area contributed by atoms with Gasteiger partial charge in [0.05, 0.1) is 17.0 Å². The molecule has 2 heterocycles. The minimum absolute atomic E-state index is 0.00298. The van der Waals surface area contributed by atoms with Crippen molar-refractivity contribution in [1.29, 1.82) is 0 Å². The van der Waals surface area contributed by atoms with Crippen LogP contribution in [-0.4, -0.2) is 40.1 Å². The van der Waals surface area contributed by atoms with Crippen molar-refractivity contribution in [3.05, 3.63) is 40.9 Å². The van der Waals surface area contributed by atoms with Crippen molar-refractivity contribution in [2.75, 3.05) is 0 Å². The molecule has 2 atom stereocenters. The van der Waals surface area contributed by atoms with Crippen LogP contribution >= 0.6 is 11.6 Å². The standard InChI is InChI=1S/C27H32ClNO4/c1-16-5-9-22(10-6-16)33-24-12-8-17-13-18(7-11-23(17)25(24)28)26(30)29-20-3-2-4-21(29)15-19(14-20)27(31)32/h7-8,11-13,16,19-22H,2-6,9-10,14-15H2,1H3,(H,31,32). The third-order valence-corrected chi connectivity index (χ3v) is 8.37. The molecule has 1 aliphatic carbocycles. The molecule has 0 spiro atoms. The third kappa shape index (κ3) is 4.44. The van der Waals surface area contributed by atoms with Crippen molar-refractivity contribution >= 4 is 34.2 Å². The van der Waals surface area contributed by atoms with Gasteiger partial charge in [-0.25, -0.2) is 0 Å². The van der Waals surface area contributed by atoms with E-state index in [0.717, 1.165) is 48.8 Å². The second-order valence-electron chi connectivity index (χ2n) is 10.3. The van der Waals surface area contributed by atoms with Crippen molar-refractivity contribution in [3.8, 4) is 5.75 Å². The van der Waals surface area contributed by atoms with Gasteiger partial charge in [-0.05, 0) is 87.3 Å². The van der Waals surface area contributed by atoms with Crippen LogP contribution < -0.4 is 4.74 Å². The highest BCUT2D eigenvalue weighted by Gasteiger charge is 2.43. The van der Waals surface area contributed by atoms with E-state index >= 15 is 0 Å². The Morgan fingerprint density at radius 1 is 1.00 bits per heavy atom. The van der Waals surface area contributed by atoms with Gasteiger partial charge in [0, 0.05) is 23.0 Å². The molecule has 1 N–H and O–H groups in total. The molecule has 2 bridgehead atoms. The summed E-state index contributed by atoms with van der Waals surface area (Å²) in [5, 5.41) is 11.9. The van der Waals surface area contributed by atoms with Gasteiger partial charge in [0.15, 0.2) is 0 Å². The number of amides is 1. The van der Waals surface area contributed by atoms with E-state index in [1.54, 1.807) is 0 Å². The van der Waals surface area contributed by atoms with E-state index < -0.39 is 5.97 Å². The monoisotopic (exact) mass is 469 g/mol. The maximum Gasteiger partial charge on any atom is 0.306 e. The molecular formula is C27H32ClNO4. The maximum atomic E-state index is 13.5. The Labute approximate surface area is 200 Å². The van der Waals surface area contributed by atoms with Crippen LogP contribution in [0, 0.1) is 11.8 Å². The number of aliphatic carboxylic acids is 1. The lowest BCUT2D eigenvalue weighted by molar-refractivity contribution is -0.145. The molecule has 33 heavy (non-hydrogen) atoms. The van der Waals surface area contributed by atoms with Crippen LogP contribution in [-0.2, 0) is 4.79 Å². The van der Waals surface area contributed by atoms with Gasteiger partial charge in [-0.2, -0.15) is 0 Å². The Morgan fingerprint density at radius 3 is 2.36 bits per heavy atom. The minimum Gasteiger partial charge on any atom is -0.489 e. The third-order valence-electron chi connectivity index (χ3n) is 7.98. The molecule has 2 aliphatic heterocycles. The first-order valence-electron chi connectivity index (χ1n) is 12.3. The normalized spacial score (nSPS) is 29.6. The van der Waals surface area contributed by atoms with Crippen molar-refractivity contribution in [1.82, 2.24) is 4.90 Å². The molecule has 5 nitrogen and oxygen atoms in total. The van der Waals surface area contributed by atoms with Crippen LogP contribution in [0.1, 0.15) is 75.1 Å². The molecule has 2 saturated heterocycles. The number of hydrogen-bond donors (Lipinski definition) is 1. The number of halogens is 1. The van der Waals surface area contributed by atoms with Gasteiger partial charge in [0.2, 0.25) is 0 Å². The number of piperidine rings is 2. The summed E-state index contributed by atoms with van der Waals surface area (Å²) in [6.07, 6.45) is 8.63. The smallest absolute Gasteiger partial charge is 0.306 e. The topological polar surface area (TPSA) is 66.8 Å². The zero-order valence-corrected chi connectivity index (χ0v) is 19.9. The molecule has 1 saturated carbocycles. The molecule has 5 rings (SSSR count). The predicted octanol–water partition coefficient (Wildman–Crippen LogP) is 6.31. The van der Waals surface area contributed by atoms with E-state index in [1.807, 2.05) is 35.2 Å². The number of carboxylic acids is 1. The molecule has 1 amide bonds. The summed E-state index contributed by atoms with van der Waals surface area (Å²) in [5.41, 5.74) is 0.638. The summed E-state index contributed by atoms with van der Waals surface area (Å²) in [7, 11) is 0. The van der Waals surface area contributed by atoms with Gasteiger partial charge in [-0.1, -0.05) is 30.7 Å². The van der Waals surface area contributed by atoms with Crippen LogP contribution in [0.15, 0.2) is 30.3 Å². The second kappa shape index (κ2) is 9.17. The molecule has 0 aromatic heterocycles. The summed E-state index contributed by atoms with van der Waals surface area (Å²) >= 11 is 6.72. The summed E-state index contributed by atoms with van der Waals surface area (Å²) < 4.78 is 6.24. The molecule has 0 radical (unpaired) electrons. The van der Waals surface area contributed by atoms with E-state index in [9.17, 15) is 14.7 Å². The molecule has 2 aromatic rings. The number of carboxylic acid groups (broad SMARTS) is 1. The lowest BCUT2D eigenvalue weighted by Gasteiger charge is -2.48. The maximum absolute atomic E-state index is 13.5. The Bertz CT molecular complexity index is 1050.